The number of hydrogen-bond donors (Lipinski definition) is 2. The largest absolute Gasteiger partial charge is 0.382 e. The number of nitrogens with zero attached hydrogens (tertiary/aromatic N) is 1. The van der Waals surface area contributed by atoms with Crippen LogP contribution in [0.4, 0.5) is 0 Å². The van der Waals surface area contributed by atoms with Crippen molar-refractivity contribution in [1.29, 1.82) is 0 Å². The molecule has 0 aliphatic carbocycles. The number of hydrazine groups is 1. The normalized spacial score (nSPS) is 12.7. The van der Waals surface area contributed by atoms with E-state index in [4.69, 9.17) is 15.3 Å². The van der Waals surface area contributed by atoms with Crippen LogP contribution in [0.3, 0.4) is 0 Å². The standard InChI is InChI=1S/C14H19N3O2/c1-18-6-7-19-10-14(17-15)13-9-16-8-11-4-2-3-5-12(11)13/h2-5,8-9,14,17H,6-7,10,15H2,1H3. The van der Waals surface area contributed by atoms with Gasteiger partial charge < -0.3 is 9.47 Å². The Bertz CT molecular complexity index is 514. The molecule has 0 radical (unpaired) electrons. The second-order valence-electron chi connectivity index (χ2n) is 4.24. The van der Waals surface area contributed by atoms with Gasteiger partial charge in [-0.3, -0.25) is 16.3 Å². The molecule has 0 amide bonds. The summed E-state index contributed by atoms with van der Waals surface area (Å²) in [5.41, 5.74) is 3.82. The first-order valence-electron chi connectivity index (χ1n) is 6.22. The summed E-state index contributed by atoms with van der Waals surface area (Å²) in [5.74, 6) is 5.62. The molecular formula is C14H19N3O2. The van der Waals surface area contributed by atoms with Gasteiger partial charge in [-0.2, -0.15) is 0 Å². The van der Waals surface area contributed by atoms with Gasteiger partial charge in [0.1, 0.15) is 0 Å². The van der Waals surface area contributed by atoms with Crippen LogP contribution in [0.25, 0.3) is 10.8 Å². The van der Waals surface area contributed by atoms with E-state index < -0.39 is 0 Å². The van der Waals surface area contributed by atoms with E-state index in [0.717, 1.165) is 16.3 Å². The second kappa shape index (κ2) is 7.16. The molecule has 2 rings (SSSR count). The molecule has 1 aromatic heterocycles. The van der Waals surface area contributed by atoms with Gasteiger partial charge in [-0.25, -0.2) is 0 Å². The van der Waals surface area contributed by atoms with Crippen LogP contribution >= 0.6 is 0 Å². The minimum atomic E-state index is -0.0875. The van der Waals surface area contributed by atoms with E-state index in [0.29, 0.717) is 19.8 Å². The van der Waals surface area contributed by atoms with Gasteiger partial charge in [0, 0.05) is 24.9 Å². The first-order chi connectivity index (χ1) is 9.36. The fraction of sp³-hybridized carbons (Fsp3) is 0.357. The molecule has 1 unspecified atom stereocenters. The lowest BCUT2D eigenvalue weighted by atomic mass is 10.0. The van der Waals surface area contributed by atoms with E-state index in [1.165, 1.54) is 0 Å². The molecule has 1 aromatic carbocycles. The highest BCUT2D eigenvalue weighted by atomic mass is 16.5. The Morgan fingerprint density at radius 1 is 1.26 bits per heavy atom. The Hall–Kier alpha value is -1.53. The Kier molecular flexibility index (Phi) is 5.23. The van der Waals surface area contributed by atoms with Crippen LogP contribution < -0.4 is 11.3 Å². The van der Waals surface area contributed by atoms with Crippen molar-refractivity contribution in [3.63, 3.8) is 0 Å². The topological polar surface area (TPSA) is 69.4 Å². The van der Waals surface area contributed by atoms with Gasteiger partial charge in [0.05, 0.1) is 25.9 Å². The van der Waals surface area contributed by atoms with Crippen molar-refractivity contribution in [3.8, 4) is 0 Å². The zero-order chi connectivity index (χ0) is 13.5. The number of rotatable bonds is 7. The summed E-state index contributed by atoms with van der Waals surface area (Å²) < 4.78 is 10.5. The number of pyridine rings is 1. The van der Waals surface area contributed by atoms with E-state index in [2.05, 4.69) is 16.5 Å². The average Bonchev–Trinajstić information content (AvgIpc) is 2.47. The van der Waals surface area contributed by atoms with E-state index in [9.17, 15) is 0 Å². The summed E-state index contributed by atoms with van der Waals surface area (Å²) in [7, 11) is 1.65. The Morgan fingerprint density at radius 2 is 2.11 bits per heavy atom. The molecule has 0 fully saturated rings. The van der Waals surface area contributed by atoms with Gasteiger partial charge in [0.2, 0.25) is 0 Å². The van der Waals surface area contributed by atoms with E-state index in [1.54, 1.807) is 7.11 Å². The lowest BCUT2D eigenvalue weighted by Gasteiger charge is -2.18. The monoisotopic (exact) mass is 261 g/mol. The fourth-order valence-corrected chi connectivity index (χ4v) is 1.99. The highest BCUT2D eigenvalue weighted by Crippen LogP contribution is 2.22. The molecule has 1 atom stereocenters. The zero-order valence-corrected chi connectivity index (χ0v) is 11.0. The molecule has 0 spiro atoms. The minimum Gasteiger partial charge on any atom is -0.382 e. The number of nitrogens with two attached hydrogens (primary N) is 1. The van der Waals surface area contributed by atoms with Crippen LogP contribution in [-0.4, -0.2) is 31.9 Å². The third-order valence-electron chi connectivity index (χ3n) is 2.99. The molecule has 2 aromatic rings. The van der Waals surface area contributed by atoms with Crippen molar-refractivity contribution in [2.45, 2.75) is 6.04 Å². The first kappa shape index (κ1) is 13.9. The van der Waals surface area contributed by atoms with Gasteiger partial charge in [-0.15, -0.1) is 0 Å². The maximum atomic E-state index is 5.62. The summed E-state index contributed by atoms with van der Waals surface area (Å²) in [5, 5.41) is 2.23. The average molecular weight is 261 g/mol. The van der Waals surface area contributed by atoms with Crippen molar-refractivity contribution < 1.29 is 9.47 Å². The molecule has 5 nitrogen and oxygen atoms in total. The number of fused-ring (bicyclic) bond motifs is 1. The second-order valence-corrected chi connectivity index (χ2v) is 4.24. The molecule has 0 aliphatic heterocycles. The summed E-state index contributed by atoms with van der Waals surface area (Å²) in [6, 6.07) is 8.01. The minimum absolute atomic E-state index is 0.0875. The molecule has 1 heterocycles. The van der Waals surface area contributed by atoms with Crippen LogP contribution in [0.15, 0.2) is 36.7 Å². The molecule has 102 valence electrons. The summed E-state index contributed by atoms with van der Waals surface area (Å²) in [6.45, 7) is 1.60. The lowest BCUT2D eigenvalue weighted by molar-refractivity contribution is 0.0587. The number of aromatic nitrogens is 1. The van der Waals surface area contributed by atoms with Gasteiger partial charge in [-0.05, 0) is 10.9 Å². The molecule has 5 heteroatoms. The molecule has 3 N–H and O–H groups in total. The number of hydrogen-bond acceptors (Lipinski definition) is 5. The molecule has 0 saturated carbocycles. The van der Waals surface area contributed by atoms with Gasteiger partial charge in [0.15, 0.2) is 0 Å². The smallest absolute Gasteiger partial charge is 0.0714 e. The van der Waals surface area contributed by atoms with E-state index in [-0.39, 0.29) is 6.04 Å². The summed E-state index contributed by atoms with van der Waals surface area (Å²) in [4.78, 5) is 4.25. The first-order valence-corrected chi connectivity index (χ1v) is 6.22. The van der Waals surface area contributed by atoms with Crippen LogP contribution in [0.2, 0.25) is 0 Å². The third-order valence-corrected chi connectivity index (χ3v) is 2.99. The lowest BCUT2D eigenvalue weighted by Crippen LogP contribution is -2.32. The number of benzene rings is 1. The predicted octanol–water partition coefficient (Wildman–Crippen LogP) is 1.40. The summed E-state index contributed by atoms with van der Waals surface area (Å²) >= 11 is 0. The van der Waals surface area contributed by atoms with Crippen molar-refractivity contribution in [2.24, 2.45) is 5.84 Å². The van der Waals surface area contributed by atoms with Crippen LogP contribution in [0.1, 0.15) is 11.6 Å². The highest BCUT2D eigenvalue weighted by Gasteiger charge is 2.13. The zero-order valence-electron chi connectivity index (χ0n) is 11.0. The number of nitrogens with one attached hydrogen (secondary N) is 1. The summed E-state index contributed by atoms with van der Waals surface area (Å²) in [6.07, 6.45) is 3.67. The van der Waals surface area contributed by atoms with Crippen molar-refractivity contribution >= 4 is 10.8 Å². The molecule has 0 bridgehead atoms. The van der Waals surface area contributed by atoms with Crippen LogP contribution in [0.5, 0.6) is 0 Å². The molecular weight excluding hydrogens is 242 g/mol. The van der Waals surface area contributed by atoms with Crippen LogP contribution in [0, 0.1) is 0 Å². The van der Waals surface area contributed by atoms with Crippen molar-refractivity contribution in [3.05, 3.63) is 42.2 Å². The molecule has 0 aliphatic rings. The Balaban J connectivity index is 2.16. The SMILES string of the molecule is COCCOCC(NN)c1cncc2ccccc12. The Labute approximate surface area is 112 Å². The number of ether oxygens (including phenoxy) is 2. The quantitative estimate of drug-likeness (QED) is 0.448. The van der Waals surface area contributed by atoms with Crippen molar-refractivity contribution in [1.82, 2.24) is 10.4 Å². The molecule has 0 saturated heterocycles. The third kappa shape index (κ3) is 3.48. The number of methoxy groups -OCH3 is 1. The maximum Gasteiger partial charge on any atom is 0.0714 e. The van der Waals surface area contributed by atoms with E-state index >= 15 is 0 Å². The maximum absolute atomic E-state index is 5.62. The van der Waals surface area contributed by atoms with Gasteiger partial charge in [-0.1, -0.05) is 24.3 Å². The highest BCUT2D eigenvalue weighted by molar-refractivity contribution is 5.85. The van der Waals surface area contributed by atoms with E-state index in [1.807, 2.05) is 30.6 Å². The van der Waals surface area contributed by atoms with Crippen LogP contribution in [-0.2, 0) is 9.47 Å². The predicted molar refractivity (Wildman–Crippen MR) is 74.5 cm³/mol. The van der Waals surface area contributed by atoms with Gasteiger partial charge >= 0.3 is 0 Å². The van der Waals surface area contributed by atoms with Gasteiger partial charge in [0.25, 0.3) is 0 Å². The molecule has 19 heavy (non-hydrogen) atoms. The fourth-order valence-electron chi connectivity index (χ4n) is 1.99. The van der Waals surface area contributed by atoms with Crippen molar-refractivity contribution in [2.75, 3.05) is 26.9 Å². The Morgan fingerprint density at radius 3 is 2.89 bits per heavy atom.